The zero-order valence-corrected chi connectivity index (χ0v) is 15.8. The van der Waals surface area contributed by atoms with Crippen molar-refractivity contribution in [3.63, 3.8) is 0 Å². The molecule has 0 bridgehead atoms. The highest BCUT2D eigenvalue weighted by Crippen LogP contribution is 2.25. The van der Waals surface area contributed by atoms with Gasteiger partial charge in [0.1, 0.15) is 6.04 Å². The molecular formula is C20H24N2O3S. The first-order valence-electron chi connectivity index (χ1n) is 8.87. The van der Waals surface area contributed by atoms with Gasteiger partial charge in [-0.05, 0) is 60.6 Å². The Labute approximate surface area is 154 Å². The number of carbonyl (C=O) groups excluding carboxylic acids is 1. The minimum absolute atomic E-state index is 0.149. The van der Waals surface area contributed by atoms with Crippen molar-refractivity contribution in [2.45, 2.75) is 44.0 Å². The van der Waals surface area contributed by atoms with Crippen LogP contribution >= 0.6 is 0 Å². The van der Waals surface area contributed by atoms with E-state index in [2.05, 4.69) is 10.0 Å². The second-order valence-corrected chi connectivity index (χ2v) is 8.70. The maximum absolute atomic E-state index is 12.7. The summed E-state index contributed by atoms with van der Waals surface area (Å²) in [5.41, 5.74) is 3.29. The van der Waals surface area contributed by atoms with Crippen LogP contribution in [0.5, 0.6) is 0 Å². The van der Waals surface area contributed by atoms with Crippen LogP contribution in [0.1, 0.15) is 31.4 Å². The quantitative estimate of drug-likeness (QED) is 0.818. The molecule has 6 heteroatoms. The summed E-state index contributed by atoms with van der Waals surface area (Å²) in [5, 5.41) is 2.86. The van der Waals surface area contributed by atoms with Gasteiger partial charge in [-0.15, -0.1) is 0 Å². The normalized spacial score (nSPS) is 14.9. The van der Waals surface area contributed by atoms with E-state index in [9.17, 15) is 13.2 Å². The van der Waals surface area contributed by atoms with E-state index in [1.54, 1.807) is 18.2 Å². The van der Waals surface area contributed by atoms with Crippen LogP contribution in [0, 0.1) is 5.92 Å². The molecule has 0 aromatic heterocycles. The van der Waals surface area contributed by atoms with Gasteiger partial charge in [-0.1, -0.05) is 38.1 Å². The number of rotatable bonds is 6. The lowest BCUT2D eigenvalue weighted by molar-refractivity contribution is -0.118. The number of amides is 1. The SMILES string of the molecule is CC(C)[C@H](NS(=O)(=O)c1ccccc1)C(=O)Nc1ccc2c(c1)CCC2. The lowest BCUT2D eigenvalue weighted by Crippen LogP contribution is -2.47. The Bertz CT molecular complexity index is 893. The van der Waals surface area contributed by atoms with Crippen LogP contribution in [-0.4, -0.2) is 20.4 Å². The standard InChI is InChI=1S/C20H24N2O3S/c1-14(2)19(22-26(24,25)18-9-4-3-5-10-18)20(23)21-17-12-11-15-7-6-8-16(15)13-17/h3-5,9-14,19,22H,6-8H2,1-2H3,(H,21,23)/t19-/m0/s1. The Morgan fingerprint density at radius 1 is 1.00 bits per heavy atom. The van der Waals surface area contributed by atoms with Crippen molar-refractivity contribution in [1.29, 1.82) is 0 Å². The van der Waals surface area contributed by atoms with Crippen LogP contribution in [0.25, 0.3) is 0 Å². The molecule has 1 amide bonds. The molecule has 1 aliphatic carbocycles. The zero-order valence-electron chi connectivity index (χ0n) is 15.0. The van der Waals surface area contributed by atoms with E-state index in [1.165, 1.54) is 23.3 Å². The predicted octanol–water partition coefficient (Wildman–Crippen LogP) is 3.12. The molecule has 0 spiro atoms. The molecule has 0 unspecified atom stereocenters. The summed E-state index contributed by atoms with van der Waals surface area (Å²) < 4.78 is 27.7. The fourth-order valence-corrected chi connectivity index (χ4v) is 4.56. The largest absolute Gasteiger partial charge is 0.325 e. The summed E-state index contributed by atoms with van der Waals surface area (Å²) >= 11 is 0. The van der Waals surface area contributed by atoms with Gasteiger partial charge in [-0.3, -0.25) is 4.79 Å². The second-order valence-electron chi connectivity index (χ2n) is 6.98. The highest BCUT2D eigenvalue weighted by Gasteiger charge is 2.28. The van der Waals surface area contributed by atoms with E-state index in [4.69, 9.17) is 0 Å². The number of anilines is 1. The number of sulfonamides is 1. The molecule has 5 nitrogen and oxygen atoms in total. The van der Waals surface area contributed by atoms with E-state index in [-0.39, 0.29) is 16.7 Å². The summed E-state index contributed by atoms with van der Waals surface area (Å²) in [7, 11) is -3.76. The average molecular weight is 372 g/mol. The third-order valence-corrected chi connectivity index (χ3v) is 6.11. The zero-order chi connectivity index (χ0) is 18.7. The molecule has 0 heterocycles. The lowest BCUT2D eigenvalue weighted by Gasteiger charge is -2.22. The molecule has 0 saturated heterocycles. The molecule has 138 valence electrons. The third kappa shape index (κ3) is 4.14. The molecule has 1 atom stereocenters. The summed E-state index contributed by atoms with van der Waals surface area (Å²) in [5.74, 6) is -0.541. The fourth-order valence-electron chi connectivity index (χ4n) is 3.20. The number of hydrogen-bond acceptors (Lipinski definition) is 3. The maximum Gasteiger partial charge on any atom is 0.242 e. The van der Waals surface area contributed by atoms with Crippen LogP contribution in [0.3, 0.4) is 0 Å². The van der Waals surface area contributed by atoms with Crippen LogP contribution < -0.4 is 10.0 Å². The van der Waals surface area contributed by atoms with Crippen molar-refractivity contribution in [2.24, 2.45) is 5.92 Å². The smallest absolute Gasteiger partial charge is 0.242 e. The Hall–Kier alpha value is -2.18. The number of hydrogen-bond donors (Lipinski definition) is 2. The van der Waals surface area contributed by atoms with E-state index in [0.717, 1.165) is 19.3 Å². The molecular weight excluding hydrogens is 348 g/mol. The number of benzene rings is 2. The van der Waals surface area contributed by atoms with Crippen LogP contribution in [0.15, 0.2) is 53.4 Å². The molecule has 26 heavy (non-hydrogen) atoms. The first-order valence-corrected chi connectivity index (χ1v) is 10.4. The van der Waals surface area contributed by atoms with E-state index in [1.807, 2.05) is 32.0 Å². The molecule has 3 rings (SSSR count). The first kappa shape index (κ1) is 18.6. The van der Waals surface area contributed by atoms with Gasteiger partial charge in [0.05, 0.1) is 4.90 Å². The van der Waals surface area contributed by atoms with Gasteiger partial charge in [0.25, 0.3) is 0 Å². The van der Waals surface area contributed by atoms with Crippen molar-refractivity contribution in [2.75, 3.05) is 5.32 Å². The van der Waals surface area contributed by atoms with Gasteiger partial charge in [-0.25, -0.2) is 8.42 Å². The summed E-state index contributed by atoms with van der Waals surface area (Å²) in [6.07, 6.45) is 3.24. The molecule has 0 saturated carbocycles. The van der Waals surface area contributed by atoms with Crippen molar-refractivity contribution < 1.29 is 13.2 Å². The lowest BCUT2D eigenvalue weighted by atomic mass is 10.0. The fraction of sp³-hybridized carbons (Fsp3) is 0.350. The molecule has 2 aromatic rings. The van der Waals surface area contributed by atoms with E-state index < -0.39 is 16.1 Å². The molecule has 0 aliphatic heterocycles. The Balaban J connectivity index is 1.76. The summed E-state index contributed by atoms with van der Waals surface area (Å²) in [4.78, 5) is 12.9. The maximum atomic E-state index is 12.7. The Kier molecular flexibility index (Phi) is 5.44. The van der Waals surface area contributed by atoms with Crippen molar-refractivity contribution in [1.82, 2.24) is 4.72 Å². The van der Waals surface area contributed by atoms with Gasteiger partial charge >= 0.3 is 0 Å². The Morgan fingerprint density at radius 3 is 2.38 bits per heavy atom. The van der Waals surface area contributed by atoms with Crippen LogP contribution in [0.4, 0.5) is 5.69 Å². The van der Waals surface area contributed by atoms with E-state index >= 15 is 0 Å². The minimum atomic E-state index is -3.76. The predicted molar refractivity (Wildman–Crippen MR) is 102 cm³/mol. The molecule has 2 N–H and O–H groups in total. The van der Waals surface area contributed by atoms with Gasteiger partial charge in [-0.2, -0.15) is 4.72 Å². The minimum Gasteiger partial charge on any atom is -0.325 e. The van der Waals surface area contributed by atoms with Gasteiger partial charge in [0.15, 0.2) is 0 Å². The van der Waals surface area contributed by atoms with E-state index in [0.29, 0.717) is 5.69 Å². The van der Waals surface area contributed by atoms with Crippen molar-refractivity contribution in [3.8, 4) is 0 Å². The van der Waals surface area contributed by atoms with Crippen molar-refractivity contribution >= 4 is 21.6 Å². The summed E-state index contributed by atoms with van der Waals surface area (Å²) in [6, 6.07) is 13.1. The topological polar surface area (TPSA) is 75.3 Å². The molecule has 2 aromatic carbocycles. The molecule has 1 aliphatic rings. The highest BCUT2D eigenvalue weighted by atomic mass is 32.2. The number of aryl methyl sites for hydroxylation is 2. The number of fused-ring (bicyclic) bond motifs is 1. The van der Waals surface area contributed by atoms with Crippen LogP contribution in [0.2, 0.25) is 0 Å². The van der Waals surface area contributed by atoms with Crippen molar-refractivity contribution in [3.05, 3.63) is 59.7 Å². The second kappa shape index (κ2) is 7.60. The monoisotopic (exact) mass is 372 g/mol. The first-order chi connectivity index (χ1) is 12.4. The molecule has 0 radical (unpaired) electrons. The van der Waals surface area contributed by atoms with Gasteiger partial charge in [0, 0.05) is 5.69 Å². The molecule has 0 fully saturated rings. The number of nitrogens with one attached hydrogen (secondary N) is 2. The van der Waals surface area contributed by atoms with Crippen LogP contribution in [-0.2, 0) is 27.7 Å². The van der Waals surface area contributed by atoms with Gasteiger partial charge < -0.3 is 5.32 Å². The van der Waals surface area contributed by atoms with Gasteiger partial charge in [0.2, 0.25) is 15.9 Å². The highest BCUT2D eigenvalue weighted by molar-refractivity contribution is 7.89. The summed E-state index contributed by atoms with van der Waals surface area (Å²) in [6.45, 7) is 3.64. The Morgan fingerprint density at radius 2 is 1.69 bits per heavy atom. The third-order valence-electron chi connectivity index (χ3n) is 4.65. The number of carbonyl (C=O) groups is 1. The average Bonchev–Trinajstić information content (AvgIpc) is 3.08.